The van der Waals surface area contributed by atoms with Gasteiger partial charge >= 0.3 is 0 Å². The Balaban J connectivity index is 1.79. The van der Waals surface area contributed by atoms with Crippen LogP contribution in [0.4, 0.5) is 0 Å². The van der Waals surface area contributed by atoms with Gasteiger partial charge in [-0.25, -0.2) is 0 Å². The van der Waals surface area contributed by atoms with Gasteiger partial charge in [0.25, 0.3) is 5.91 Å². The first-order chi connectivity index (χ1) is 9.97. The molecule has 5 heteroatoms. The smallest absolute Gasteiger partial charge is 0.270 e. The molecule has 0 bridgehead atoms. The molecule has 0 radical (unpaired) electrons. The molecule has 1 amide bonds. The molecule has 112 valence electrons. The van der Waals surface area contributed by atoms with Crippen LogP contribution in [-0.2, 0) is 0 Å². The summed E-state index contributed by atoms with van der Waals surface area (Å²) in [6, 6.07) is 7.28. The minimum atomic E-state index is -0.722. The number of nitrogens with zero attached hydrogens (tertiary/aromatic N) is 1. The number of H-pyrrole nitrogens is 1. The van der Waals surface area contributed by atoms with E-state index < -0.39 is 5.60 Å². The lowest BCUT2D eigenvalue weighted by atomic mass is 10.0. The number of aromatic nitrogens is 1. The highest BCUT2D eigenvalue weighted by atomic mass is 35.5. The van der Waals surface area contributed by atoms with Crippen LogP contribution in [0.3, 0.4) is 0 Å². The van der Waals surface area contributed by atoms with Crippen LogP contribution >= 0.6 is 11.6 Å². The number of aromatic amines is 1. The van der Waals surface area contributed by atoms with Gasteiger partial charge in [-0.15, -0.1) is 0 Å². The zero-order chi connectivity index (χ0) is 15.0. The van der Waals surface area contributed by atoms with Crippen molar-refractivity contribution in [2.75, 3.05) is 13.6 Å². The largest absolute Gasteiger partial charge is 0.388 e. The third-order valence-corrected chi connectivity index (χ3v) is 4.46. The van der Waals surface area contributed by atoms with Crippen LogP contribution < -0.4 is 0 Å². The van der Waals surface area contributed by atoms with E-state index in [0.29, 0.717) is 17.3 Å². The molecule has 1 saturated carbocycles. The van der Waals surface area contributed by atoms with Gasteiger partial charge in [0.05, 0.1) is 5.60 Å². The first-order valence-corrected chi connectivity index (χ1v) is 7.61. The fourth-order valence-corrected chi connectivity index (χ4v) is 3.31. The van der Waals surface area contributed by atoms with E-state index in [9.17, 15) is 9.90 Å². The maximum absolute atomic E-state index is 12.5. The Labute approximate surface area is 128 Å². The van der Waals surface area contributed by atoms with E-state index in [4.69, 9.17) is 11.6 Å². The number of hydrogen-bond acceptors (Lipinski definition) is 2. The zero-order valence-electron chi connectivity index (χ0n) is 12.0. The van der Waals surface area contributed by atoms with E-state index in [1.165, 1.54) is 0 Å². The molecule has 0 saturated heterocycles. The van der Waals surface area contributed by atoms with Gasteiger partial charge in [0.1, 0.15) is 5.69 Å². The van der Waals surface area contributed by atoms with Crippen molar-refractivity contribution in [2.24, 2.45) is 0 Å². The summed E-state index contributed by atoms with van der Waals surface area (Å²) in [5, 5.41) is 12.0. The molecule has 1 aliphatic rings. The average Bonchev–Trinajstić information content (AvgIpc) is 3.03. The standard InChI is InChI=1S/C16H19ClN2O2/c1-19(10-16(21)6-2-3-7-16)15(20)14-9-11-8-12(17)4-5-13(11)18-14/h4-5,8-9,18,21H,2-3,6-7,10H2,1H3. The van der Waals surface area contributed by atoms with Gasteiger partial charge in [-0.1, -0.05) is 24.4 Å². The number of benzene rings is 1. The highest BCUT2D eigenvalue weighted by Gasteiger charge is 2.33. The summed E-state index contributed by atoms with van der Waals surface area (Å²) in [6.45, 7) is 0.377. The number of rotatable bonds is 3. The van der Waals surface area contributed by atoms with E-state index in [1.54, 1.807) is 24.1 Å². The summed E-state index contributed by atoms with van der Waals surface area (Å²) in [6.07, 6.45) is 3.60. The summed E-state index contributed by atoms with van der Waals surface area (Å²) in [4.78, 5) is 17.2. The Kier molecular flexibility index (Phi) is 3.68. The van der Waals surface area contributed by atoms with Gasteiger partial charge in [0, 0.05) is 29.5 Å². The van der Waals surface area contributed by atoms with E-state index >= 15 is 0 Å². The molecular weight excluding hydrogens is 288 g/mol. The van der Waals surface area contributed by atoms with E-state index in [0.717, 1.165) is 36.6 Å². The Bertz CT molecular complexity index is 674. The van der Waals surface area contributed by atoms with Crippen LogP contribution in [0.2, 0.25) is 5.02 Å². The Morgan fingerprint density at radius 3 is 2.81 bits per heavy atom. The van der Waals surface area contributed by atoms with Crippen LogP contribution in [0, 0.1) is 0 Å². The predicted molar refractivity (Wildman–Crippen MR) is 83.7 cm³/mol. The second-order valence-corrected chi connectivity index (χ2v) is 6.44. The van der Waals surface area contributed by atoms with Gasteiger partial charge in [-0.2, -0.15) is 0 Å². The van der Waals surface area contributed by atoms with E-state index in [2.05, 4.69) is 4.98 Å². The topological polar surface area (TPSA) is 56.3 Å². The maximum atomic E-state index is 12.5. The molecule has 4 nitrogen and oxygen atoms in total. The Morgan fingerprint density at radius 2 is 2.10 bits per heavy atom. The molecule has 1 heterocycles. The van der Waals surface area contributed by atoms with Crippen molar-refractivity contribution in [3.05, 3.63) is 35.0 Å². The van der Waals surface area contributed by atoms with Gasteiger partial charge in [0.2, 0.25) is 0 Å². The Morgan fingerprint density at radius 1 is 1.38 bits per heavy atom. The van der Waals surface area contributed by atoms with Gasteiger partial charge in [0.15, 0.2) is 0 Å². The molecular formula is C16H19ClN2O2. The predicted octanol–water partition coefficient (Wildman–Crippen LogP) is 3.20. The third kappa shape index (κ3) is 2.92. The number of likely N-dealkylation sites (N-methyl/N-ethyl adjacent to an activating group) is 1. The van der Waals surface area contributed by atoms with Gasteiger partial charge in [-0.05, 0) is 37.1 Å². The first kappa shape index (κ1) is 14.4. The lowest BCUT2D eigenvalue weighted by Crippen LogP contribution is -2.42. The number of amides is 1. The third-order valence-electron chi connectivity index (χ3n) is 4.23. The summed E-state index contributed by atoms with van der Waals surface area (Å²) in [5.41, 5.74) is 0.687. The lowest BCUT2D eigenvalue weighted by molar-refractivity contribution is 0.0155. The van der Waals surface area contributed by atoms with Gasteiger partial charge < -0.3 is 15.0 Å². The minimum absolute atomic E-state index is 0.109. The van der Waals surface area contributed by atoms with Crippen molar-refractivity contribution in [1.82, 2.24) is 9.88 Å². The molecule has 3 rings (SSSR count). The fourth-order valence-electron chi connectivity index (χ4n) is 3.13. The molecule has 0 unspecified atom stereocenters. The zero-order valence-corrected chi connectivity index (χ0v) is 12.8. The SMILES string of the molecule is CN(CC1(O)CCCC1)C(=O)c1cc2cc(Cl)ccc2[nH]1. The minimum Gasteiger partial charge on any atom is -0.388 e. The van der Waals surface area contributed by atoms with Crippen LogP contribution in [-0.4, -0.2) is 40.1 Å². The summed E-state index contributed by atoms with van der Waals surface area (Å²) >= 11 is 5.96. The highest BCUT2D eigenvalue weighted by molar-refractivity contribution is 6.31. The summed E-state index contributed by atoms with van der Waals surface area (Å²) in [5.74, 6) is -0.109. The molecule has 21 heavy (non-hydrogen) atoms. The van der Waals surface area contributed by atoms with Crippen molar-refractivity contribution in [2.45, 2.75) is 31.3 Å². The first-order valence-electron chi connectivity index (χ1n) is 7.23. The average molecular weight is 307 g/mol. The fraction of sp³-hybridized carbons (Fsp3) is 0.438. The molecule has 1 aromatic carbocycles. The summed E-state index contributed by atoms with van der Waals surface area (Å²) < 4.78 is 0. The van der Waals surface area contributed by atoms with Gasteiger partial charge in [-0.3, -0.25) is 4.79 Å². The number of halogens is 1. The number of fused-ring (bicyclic) bond motifs is 1. The quantitative estimate of drug-likeness (QED) is 0.915. The van der Waals surface area contributed by atoms with Crippen LogP contribution in [0.1, 0.15) is 36.2 Å². The molecule has 2 N–H and O–H groups in total. The molecule has 1 fully saturated rings. The molecule has 2 aromatic rings. The molecule has 0 aliphatic heterocycles. The monoisotopic (exact) mass is 306 g/mol. The van der Waals surface area contributed by atoms with Crippen molar-refractivity contribution >= 4 is 28.4 Å². The Hall–Kier alpha value is -1.52. The van der Waals surface area contributed by atoms with Crippen molar-refractivity contribution in [1.29, 1.82) is 0 Å². The van der Waals surface area contributed by atoms with Crippen LogP contribution in [0.15, 0.2) is 24.3 Å². The molecule has 0 atom stereocenters. The molecule has 1 aliphatic carbocycles. The van der Waals surface area contributed by atoms with E-state index in [-0.39, 0.29) is 5.91 Å². The number of nitrogens with one attached hydrogen (secondary N) is 1. The van der Waals surface area contributed by atoms with Crippen LogP contribution in [0.25, 0.3) is 10.9 Å². The normalized spacial score (nSPS) is 17.3. The highest BCUT2D eigenvalue weighted by Crippen LogP contribution is 2.30. The second-order valence-electron chi connectivity index (χ2n) is 6.01. The molecule has 1 aromatic heterocycles. The van der Waals surface area contributed by atoms with Crippen molar-refractivity contribution in [3.8, 4) is 0 Å². The van der Waals surface area contributed by atoms with Crippen molar-refractivity contribution < 1.29 is 9.90 Å². The maximum Gasteiger partial charge on any atom is 0.270 e. The van der Waals surface area contributed by atoms with Crippen molar-refractivity contribution in [3.63, 3.8) is 0 Å². The van der Waals surface area contributed by atoms with E-state index in [1.807, 2.05) is 12.1 Å². The lowest BCUT2D eigenvalue weighted by Gasteiger charge is -2.28. The summed E-state index contributed by atoms with van der Waals surface area (Å²) in [7, 11) is 1.73. The molecule has 0 spiro atoms. The number of carbonyl (C=O) groups is 1. The number of carbonyl (C=O) groups excluding carboxylic acids is 1. The number of aliphatic hydroxyl groups is 1. The second kappa shape index (κ2) is 5.35. The number of hydrogen-bond donors (Lipinski definition) is 2. The van der Waals surface area contributed by atoms with Crippen LogP contribution in [0.5, 0.6) is 0 Å².